The first kappa shape index (κ1) is 13.0. The van der Waals surface area contributed by atoms with Gasteiger partial charge in [-0.1, -0.05) is 30.3 Å². The lowest BCUT2D eigenvalue weighted by atomic mass is 10.1. The van der Waals surface area contributed by atoms with E-state index in [2.05, 4.69) is 46.5 Å². The second kappa shape index (κ2) is 6.50. The summed E-state index contributed by atoms with van der Waals surface area (Å²) in [6.07, 6.45) is 5.12. The molecule has 0 aliphatic carbocycles. The number of nitrogens with zero attached hydrogens (tertiary/aromatic N) is 3. The molecule has 4 heteroatoms. The highest BCUT2D eigenvalue weighted by molar-refractivity contribution is 5.34. The van der Waals surface area contributed by atoms with Crippen molar-refractivity contribution in [3.8, 4) is 6.07 Å². The Kier molecular flexibility index (Phi) is 4.46. The van der Waals surface area contributed by atoms with E-state index in [0.29, 0.717) is 17.6 Å². The standard InChI is InChI=1S/C15H16N4/c1-12(7-8-13-5-3-2-4-6-13)19-15-11-17-14(9-16)10-18-15/h2-6,10-12H,7-8H2,1H3,(H,18,19). The largest absolute Gasteiger partial charge is 0.366 e. The Labute approximate surface area is 113 Å². The maximum Gasteiger partial charge on any atom is 0.158 e. The first-order chi connectivity index (χ1) is 9.28. The van der Waals surface area contributed by atoms with E-state index in [1.54, 1.807) is 6.20 Å². The summed E-state index contributed by atoms with van der Waals surface area (Å²) in [6.45, 7) is 2.11. The van der Waals surface area contributed by atoms with Gasteiger partial charge >= 0.3 is 0 Å². The molecule has 0 spiro atoms. The van der Waals surface area contributed by atoms with E-state index in [9.17, 15) is 0 Å². The quantitative estimate of drug-likeness (QED) is 0.888. The fourth-order valence-corrected chi connectivity index (χ4v) is 1.81. The Morgan fingerprint density at radius 2 is 2.00 bits per heavy atom. The van der Waals surface area contributed by atoms with Crippen molar-refractivity contribution in [3.05, 3.63) is 54.0 Å². The summed E-state index contributed by atoms with van der Waals surface area (Å²) in [5.74, 6) is 0.708. The van der Waals surface area contributed by atoms with Crippen molar-refractivity contribution in [1.29, 1.82) is 5.26 Å². The maximum absolute atomic E-state index is 8.65. The van der Waals surface area contributed by atoms with Crippen LogP contribution in [0.4, 0.5) is 5.82 Å². The van der Waals surface area contributed by atoms with Gasteiger partial charge in [-0.25, -0.2) is 9.97 Å². The molecule has 0 fully saturated rings. The van der Waals surface area contributed by atoms with E-state index >= 15 is 0 Å². The summed E-state index contributed by atoms with van der Waals surface area (Å²) in [6, 6.07) is 12.7. The van der Waals surface area contributed by atoms with E-state index < -0.39 is 0 Å². The molecule has 0 aliphatic rings. The highest BCUT2D eigenvalue weighted by Gasteiger charge is 2.04. The molecular weight excluding hydrogens is 236 g/mol. The Bertz CT molecular complexity index is 543. The van der Waals surface area contributed by atoms with Gasteiger partial charge in [0.25, 0.3) is 0 Å². The molecule has 2 aromatic rings. The van der Waals surface area contributed by atoms with Gasteiger partial charge in [0.1, 0.15) is 11.9 Å². The molecular formula is C15H16N4. The first-order valence-corrected chi connectivity index (χ1v) is 6.30. The molecule has 0 radical (unpaired) electrons. The molecule has 0 amide bonds. The molecule has 1 atom stereocenters. The third-order valence-corrected chi connectivity index (χ3v) is 2.87. The predicted octanol–water partition coefficient (Wildman–Crippen LogP) is 2.78. The minimum atomic E-state index is 0.308. The van der Waals surface area contributed by atoms with Gasteiger partial charge in [0.05, 0.1) is 12.4 Å². The summed E-state index contributed by atoms with van der Waals surface area (Å²) in [4.78, 5) is 8.13. The van der Waals surface area contributed by atoms with Crippen molar-refractivity contribution in [2.45, 2.75) is 25.8 Å². The summed E-state index contributed by atoms with van der Waals surface area (Å²) in [5, 5.41) is 11.9. The Hall–Kier alpha value is -2.41. The van der Waals surface area contributed by atoms with Crippen LogP contribution in [-0.2, 0) is 6.42 Å². The first-order valence-electron chi connectivity index (χ1n) is 6.30. The lowest BCUT2D eigenvalue weighted by molar-refractivity contribution is 0.702. The average molecular weight is 252 g/mol. The normalized spacial score (nSPS) is 11.6. The third-order valence-electron chi connectivity index (χ3n) is 2.87. The molecule has 2 rings (SSSR count). The minimum absolute atomic E-state index is 0.308. The number of anilines is 1. The van der Waals surface area contributed by atoms with Crippen LogP contribution in [0.5, 0.6) is 0 Å². The second-order valence-corrected chi connectivity index (χ2v) is 4.47. The van der Waals surface area contributed by atoms with E-state index in [-0.39, 0.29) is 0 Å². The summed E-state index contributed by atoms with van der Waals surface area (Å²) in [7, 11) is 0. The zero-order valence-corrected chi connectivity index (χ0v) is 10.9. The monoisotopic (exact) mass is 252 g/mol. The molecule has 1 aromatic carbocycles. The molecule has 19 heavy (non-hydrogen) atoms. The number of aryl methyl sites for hydroxylation is 1. The lowest BCUT2D eigenvalue weighted by Gasteiger charge is -2.14. The van der Waals surface area contributed by atoms with Crippen LogP contribution in [0.3, 0.4) is 0 Å². The number of aromatic nitrogens is 2. The molecule has 0 bridgehead atoms. The van der Waals surface area contributed by atoms with Crippen LogP contribution in [-0.4, -0.2) is 16.0 Å². The van der Waals surface area contributed by atoms with E-state index in [0.717, 1.165) is 12.8 Å². The number of nitrogens with one attached hydrogen (secondary N) is 1. The molecule has 0 saturated carbocycles. The van der Waals surface area contributed by atoms with Gasteiger partial charge in [0.15, 0.2) is 5.69 Å². The molecule has 1 heterocycles. The predicted molar refractivity (Wildman–Crippen MR) is 74.6 cm³/mol. The maximum atomic E-state index is 8.65. The fourth-order valence-electron chi connectivity index (χ4n) is 1.81. The molecule has 1 aromatic heterocycles. The van der Waals surface area contributed by atoms with Crippen molar-refractivity contribution in [2.75, 3.05) is 5.32 Å². The van der Waals surface area contributed by atoms with Crippen molar-refractivity contribution in [1.82, 2.24) is 9.97 Å². The van der Waals surface area contributed by atoms with Crippen molar-refractivity contribution in [3.63, 3.8) is 0 Å². The SMILES string of the molecule is CC(CCc1ccccc1)Nc1cnc(C#N)cn1. The number of hydrogen-bond donors (Lipinski definition) is 1. The Morgan fingerprint density at radius 3 is 2.63 bits per heavy atom. The topological polar surface area (TPSA) is 61.6 Å². The van der Waals surface area contributed by atoms with Crippen LogP contribution in [0.25, 0.3) is 0 Å². The number of hydrogen-bond acceptors (Lipinski definition) is 4. The van der Waals surface area contributed by atoms with Gasteiger partial charge in [-0.15, -0.1) is 0 Å². The zero-order chi connectivity index (χ0) is 13.5. The van der Waals surface area contributed by atoms with Crippen LogP contribution in [0.15, 0.2) is 42.7 Å². The lowest BCUT2D eigenvalue weighted by Crippen LogP contribution is -2.17. The molecule has 4 nitrogen and oxygen atoms in total. The van der Waals surface area contributed by atoms with Crippen molar-refractivity contribution in [2.24, 2.45) is 0 Å². The van der Waals surface area contributed by atoms with Crippen LogP contribution < -0.4 is 5.32 Å². The van der Waals surface area contributed by atoms with Crippen LogP contribution >= 0.6 is 0 Å². The van der Waals surface area contributed by atoms with E-state index in [1.807, 2.05) is 12.1 Å². The molecule has 0 aliphatic heterocycles. The fraction of sp³-hybridized carbons (Fsp3) is 0.267. The van der Waals surface area contributed by atoms with Gasteiger partial charge in [-0.2, -0.15) is 5.26 Å². The summed E-state index contributed by atoms with van der Waals surface area (Å²) in [5.41, 5.74) is 1.67. The summed E-state index contributed by atoms with van der Waals surface area (Å²) >= 11 is 0. The van der Waals surface area contributed by atoms with Gasteiger partial charge in [0.2, 0.25) is 0 Å². The van der Waals surface area contributed by atoms with Gasteiger partial charge in [0, 0.05) is 6.04 Å². The highest BCUT2D eigenvalue weighted by atomic mass is 15.0. The number of benzene rings is 1. The van der Waals surface area contributed by atoms with Crippen molar-refractivity contribution >= 4 is 5.82 Å². The zero-order valence-electron chi connectivity index (χ0n) is 10.9. The summed E-state index contributed by atoms with van der Waals surface area (Å²) < 4.78 is 0. The van der Waals surface area contributed by atoms with Gasteiger partial charge < -0.3 is 5.32 Å². The van der Waals surface area contributed by atoms with Crippen LogP contribution in [0.1, 0.15) is 24.6 Å². The van der Waals surface area contributed by atoms with Crippen molar-refractivity contribution < 1.29 is 0 Å². The smallest absolute Gasteiger partial charge is 0.158 e. The molecule has 1 N–H and O–H groups in total. The van der Waals surface area contributed by atoms with Gasteiger partial charge in [-0.05, 0) is 25.3 Å². The molecule has 1 unspecified atom stereocenters. The Balaban J connectivity index is 1.84. The average Bonchev–Trinajstić information content (AvgIpc) is 2.47. The molecule has 96 valence electrons. The van der Waals surface area contributed by atoms with Crippen LogP contribution in [0, 0.1) is 11.3 Å². The number of nitriles is 1. The van der Waals surface area contributed by atoms with Crippen LogP contribution in [0.2, 0.25) is 0 Å². The number of rotatable bonds is 5. The second-order valence-electron chi connectivity index (χ2n) is 4.47. The third kappa shape index (κ3) is 4.07. The highest BCUT2D eigenvalue weighted by Crippen LogP contribution is 2.09. The molecule has 0 saturated heterocycles. The Morgan fingerprint density at radius 1 is 1.21 bits per heavy atom. The minimum Gasteiger partial charge on any atom is -0.366 e. The van der Waals surface area contributed by atoms with Gasteiger partial charge in [-0.3, -0.25) is 0 Å². The van der Waals surface area contributed by atoms with E-state index in [4.69, 9.17) is 5.26 Å². The van der Waals surface area contributed by atoms with E-state index in [1.165, 1.54) is 11.8 Å².